The highest BCUT2D eigenvalue weighted by Gasteiger charge is 2.27. The summed E-state index contributed by atoms with van der Waals surface area (Å²) >= 11 is 0. The summed E-state index contributed by atoms with van der Waals surface area (Å²) in [4.78, 5) is 25.7. The summed E-state index contributed by atoms with van der Waals surface area (Å²) in [6.45, 7) is 1.81. The molecule has 29 heavy (non-hydrogen) atoms. The van der Waals surface area contributed by atoms with Crippen molar-refractivity contribution in [1.29, 1.82) is 0 Å². The molecule has 1 aliphatic rings. The maximum absolute atomic E-state index is 13.8. The van der Waals surface area contributed by atoms with Gasteiger partial charge in [0.25, 0.3) is 5.91 Å². The Morgan fingerprint density at radius 1 is 1.21 bits per heavy atom. The molecule has 0 bridgehead atoms. The Morgan fingerprint density at radius 2 is 2.03 bits per heavy atom. The zero-order chi connectivity index (χ0) is 20.5. The average Bonchev–Trinajstić information content (AvgIpc) is 3.36. The number of rotatable bonds is 4. The zero-order valence-corrected chi connectivity index (χ0v) is 16.0. The van der Waals surface area contributed by atoms with Crippen molar-refractivity contribution < 1.29 is 18.7 Å². The van der Waals surface area contributed by atoms with Gasteiger partial charge in [-0.05, 0) is 48.9 Å². The second kappa shape index (κ2) is 7.38. The minimum absolute atomic E-state index is 0.00412. The number of nitrogens with zero attached hydrogens (tertiary/aromatic N) is 3. The van der Waals surface area contributed by atoms with Crippen molar-refractivity contribution in [3.8, 4) is 22.7 Å². The fraction of sp³-hybridized carbons (Fsp3) is 0.190. The van der Waals surface area contributed by atoms with Crippen LogP contribution in [-0.4, -0.2) is 46.8 Å². The average molecular weight is 394 g/mol. The second-order valence-corrected chi connectivity index (χ2v) is 6.75. The van der Waals surface area contributed by atoms with Crippen LogP contribution in [0.3, 0.4) is 0 Å². The van der Waals surface area contributed by atoms with Gasteiger partial charge in [-0.15, -0.1) is 0 Å². The number of carbonyl (C=O) groups is 2. The van der Waals surface area contributed by atoms with Gasteiger partial charge >= 0.3 is 0 Å². The monoisotopic (exact) mass is 394 g/mol. The number of hydrogen-bond acceptors (Lipinski definition) is 4. The first-order chi connectivity index (χ1) is 14.0. The zero-order valence-electron chi connectivity index (χ0n) is 16.0. The number of amides is 2. The van der Waals surface area contributed by atoms with Gasteiger partial charge in [0.05, 0.1) is 25.2 Å². The molecule has 8 heteroatoms. The van der Waals surface area contributed by atoms with Crippen LogP contribution in [0.2, 0.25) is 0 Å². The molecule has 0 saturated carbocycles. The predicted molar refractivity (Wildman–Crippen MR) is 104 cm³/mol. The van der Waals surface area contributed by atoms with Crippen molar-refractivity contribution in [3.63, 3.8) is 0 Å². The minimum atomic E-state index is -0.356. The number of hydrogen-bond donors (Lipinski definition) is 1. The number of methoxy groups -OCH3 is 1. The largest absolute Gasteiger partial charge is 0.497 e. The lowest BCUT2D eigenvalue weighted by molar-refractivity contribution is -0.118. The van der Waals surface area contributed by atoms with E-state index in [2.05, 4.69) is 10.4 Å². The standard InChI is InChI=1S/C21H19FN4O3/c1-13-8-15(6-7-17(13)22)26-19(14-4-3-5-16(9-14)29-2)10-18(24-26)21(28)25-11-20(27)23-12-25/h3-10H,11-12H2,1-2H3,(H,23,27). The molecule has 0 spiro atoms. The van der Waals surface area contributed by atoms with Gasteiger partial charge in [-0.3, -0.25) is 9.59 Å². The van der Waals surface area contributed by atoms with E-state index in [-0.39, 0.29) is 36.5 Å². The van der Waals surface area contributed by atoms with E-state index in [1.807, 2.05) is 24.3 Å². The summed E-state index contributed by atoms with van der Waals surface area (Å²) < 4.78 is 20.7. The van der Waals surface area contributed by atoms with Crippen LogP contribution in [0.1, 0.15) is 16.1 Å². The SMILES string of the molecule is COc1cccc(-c2cc(C(=O)N3CNC(=O)C3)nn2-c2ccc(F)c(C)c2)c1. The molecule has 1 saturated heterocycles. The third-order valence-electron chi connectivity index (χ3n) is 4.77. The molecule has 1 aliphatic heterocycles. The van der Waals surface area contributed by atoms with E-state index < -0.39 is 0 Å². The summed E-state index contributed by atoms with van der Waals surface area (Å²) in [6.07, 6.45) is 0. The molecule has 0 unspecified atom stereocenters. The Hall–Kier alpha value is -3.68. The van der Waals surface area contributed by atoms with Gasteiger partial charge in [-0.2, -0.15) is 5.10 Å². The lowest BCUT2D eigenvalue weighted by Crippen LogP contribution is -2.30. The number of benzene rings is 2. The number of aromatic nitrogens is 2. The third kappa shape index (κ3) is 3.56. The van der Waals surface area contributed by atoms with Crippen molar-refractivity contribution in [2.24, 2.45) is 0 Å². The summed E-state index contributed by atoms with van der Waals surface area (Å²) in [5.74, 6) is -0.223. The first kappa shape index (κ1) is 18.7. The van der Waals surface area contributed by atoms with E-state index >= 15 is 0 Å². The van der Waals surface area contributed by atoms with Gasteiger partial charge in [-0.25, -0.2) is 9.07 Å². The summed E-state index contributed by atoms with van der Waals surface area (Å²) in [7, 11) is 1.58. The molecule has 1 aromatic heterocycles. The van der Waals surface area contributed by atoms with Crippen molar-refractivity contribution in [3.05, 3.63) is 65.6 Å². The first-order valence-corrected chi connectivity index (χ1v) is 9.03. The van der Waals surface area contributed by atoms with Crippen molar-refractivity contribution >= 4 is 11.8 Å². The van der Waals surface area contributed by atoms with Crippen LogP contribution < -0.4 is 10.1 Å². The van der Waals surface area contributed by atoms with Crippen molar-refractivity contribution in [2.75, 3.05) is 20.3 Å². The fourth-order valence-corrected chi connectivity index (χ4v) is 3.21. The maximum atomic E-state index is 13.8. The highest BCUT2D eigenvalue weighted by molar-refractivity contribution is 5.97. The van der Waals surface area contributed by atoms with E-state index in [1.54, 1.807) is 36.9 Å². The Morgan fingerprint density at radius 3 is 2.72 bits per heavy atom. The number of aryl methyl sites for hydroxylation is 1. The van der Waals surface area contributed by atoms with E-state index in [9.17, 15) is 14.0 Å². The normalized spacial score (nSPS) is 13.5. The van der Waals surface area contributed by atoms with E-state index in [1.165, 1.54) is 11.0 Å². The molecule has 2 aromatic carbocycles. The van der Waals surface area contributed by atoms with Gasteiger partial charge in [0.15, 0.2) is 5.69 Å². The molecular formula is C21H19FN4O3. The second-order valence-electron chi connectivity index (χ2n) is 6.75. The number of halogens is 1. The van der Waals surface area contributed by atoms with Crippen molar-refractivity contribution in [2.45, 2.75) is 6.92 Å². The molecule has 2 amide bonds. The molecule has 0 radical (unpaired) electrons. The topological polar surface area (TPSA) is 76.5 Å². The number of nitrogens with one attached hydrogen (secondary N) is 1. The van der Waals surface area contributed by atoms with Crippen LogP contribution in [-0.2, 0) is 4.79 Å². The molecular weight excluding hydrogens is 375 g/mol. The van der Waals surface area contributed by atoms with Gasteiger partial charge in [0.2, 0.25) is 5.91 Å². The smallest absolute Gasteiger partial charge is 0.276 e. The van der Waals surface area contributed by atoms with Gasteiger partial charge in [0.1, 0.15) is 18.1 Å². The number of carbonyl (C=O) groups excluding carboxylic acids is 2. The molecule has 4 rings (SSSR count). The summed E-state index contributed by atoms with van der Waals surface area (Å²) in [6, 6.07) is 13.7. The van der Waals surface area contributed by atoms with E-state index in [0.717, 1.165) is 5.56 Å². The van der Waals surface area contributed by atoms with E-state index in [4.69, 9.17) is 4.74 Å². The quantitative estimate of drug-likeness (QED) is 0.738. The summed E-state index contributed by atoms with van der Waals surface area (Å²) in [5.41, 5.74) is 2.72. The van der Waals surface area contributed by atoms with Gasteiger partial charge in [-0.1, -0.05) is 12.1 Å². The van der Waals surface area contributed by atoms with Gasteiger partial charge in [0, 0.05) is 5.56 Å². The van der Waals surface area contributed by atoms with E-state index in [0.29, 0.717) is 22.7 Å². The molecule has 0 aliphatic carbocycles. The van der Waals surface area contributed by atoms with Crippen LogP contribution in [0.5, 0.6) is 5.75 Å². The molecule has 1 N–H and O–H groups in total. The number of ether oxygens (including phenoxy) is 1. The highest BCUT2D eigenvalue weighted by Crippen LogP contribution is 2.28. The lowest BCUT2D eigenvalue weighted by Gasteiger charge is -2.11. The summed E-state index contributed by atoms with van der Waals surface area (Å²) in [5, 5.41) is 7.08. The van der Waals surface area contributed by atoms with Crippen LogP contribution >= 0.6 is 0 Å². The third-order valence-corrected chi connectivity index (χ3v) is 4.77. The van der Waals surface area contributed by atoms with Crippen LogP contribution in [0.15, 0.2) is 48.5 Å². The van der Waals surface area contributed by atoms with Gasteiger partial charge < -0.3 is 15.0 Å². The fourth-order valence-electron chi connectivity index (χ4n) is 3.21. The van der Waals surface area contributed by atoms with Crippen LogP contribution in [0.4, 0.5) is 4.39 Å². The Balaban J connectivity index is 1.83. The Kier molecular flexibility index (Phi) is 4.75. The first-order valence-electron chi connectivity index (χ1n) is 9.03. The van der Waals surface area contributed by atoms with Crippen LogP contribution in [0, 0.1) is 12.7 Å². The molecule has 7 nitrogen and oxygen atoms in total. The molecule has 148 valence electrons. The molecule has 1 fully saturated rings. The molecule has 2 heterocycles. The Bertz CT molecular complexity index is 1110. The molecule has 3 aromatic rings. The minimum Gasteiger partial charge on any atom is -0.497 e. The maximum Gasteiger partial charge on any atom is 0.276 e. The predicted octanol–water partition coefficient (Wildman–Crippen LogP) is 2.52. The van der Waals surface area contributed by atoms with Crippen molar-refractivity contribution in [1.82, 2.24) is 20.0 Å². The van der Waals surface area contributed by atoms with Crippen LogP contribution in [0.25, 0.3) is 16.9 Å². The highest BCUT2D eigenvalue weighted by atomic mass is 19.1. The molecule has 0 atom stereocenters. The Labute approximate surface area is 166 Å². The lowest BCUT2D eigenvalue weighted by atomic mass is 10.1.